The molecule has 0 bridgehead atoms. The van der Waals surface area contributed by atoms with E-state index in [9.17, 15) is 4.79 Å². The zero-order valence-corrected chi connectivity index (χ0v) is 10.2. The number of carbonyl (C=O) groups is 1. The molecule has 0 aliphatic heterocycles. The van der Waals surface area contributed by atoms with Crippen LogP contribution in [0, 0.1) is 0 Å². The number of rotatable bonds is 5. The van der Waals surface area contributed by atoms with Gasteiger partial charge in [-0.25, -0.2) is 9.78 Å². The molecule has 0 aliphatic rings. The van der Waals surface area contributed by atoms with Crippen LogP contribution in [-0.2, 0) is 17.7 Å². The van der Waals surface area contributed by atoms with E-state index in [4.69, 9.17) is 4.74 Å². The molecule has 5 nitrogen and oxygen atoms in total. The van der Waals surface area contributed by atoms with E-state index in [-0.39, 0.29) is 5.97 Å². The van der Waals surface area contributed by atoms with Crippen molar-refractivity contribution in [3.8, 4) is 0 Å². The third-order valence-electron chi connectivity index (χ3n) is 2.54. The summed E-state index contributed by atoms with van der Waals surface area (Å²) in [6.07, 6.45) is 7.75. The van der Waals surface area contributed by atoms with Gasteiger partial charge in [-0.2, -0.15) is 0 Å². The highest BCUT2D eigenvalue weighted by Gasteiger charge is 2.13. The van der Waals surface area contributed by atoms with Gasteiger partial charge in [0.1, 0.15) is 0 Å². The molecule has 2 rings (SSSR count). The van der Waals surface area contributed by atoms with E-state index >= 15 is 0 Å². The lowest BCUT2D eigenvalue weighted by molar-refractivity contribution is 0.0506. The van der Waals surface area contributed by atoms with Crippen molar-refractivity contribution < 1.29 is 9.53 Å². The molecule has 0 atom stereocenters. The molecule has 0 aromatic carbocycles. The summed E-state index contributed by atoms with van der Waals surface area (Å²) in [5, 5.41) is 0. The Morgan fingerprint density at radius 1 is 1.44 bits per heavy atom. The van der Waals surface area contributed by atoms with E-state index in [2.05, 4.69) is 9.97 Å². The third kappa shape index (κ3) is 2.94. The van der Waals surface area contributed by atoms with Gasteiger partial charge in [0.05, 0.1) is 6.61 Å². The number of pyridine rings is 1. The first-order chi connectivity index (χ1) is 8.81. The van der Waals surface area contributed by atoms with Gasteiger partial charge in [0.15, 0.2) is 0 Å². The molecule has 0 radical (unpaired) electrons. The lowest BCUT2D eigenvalue weighted by Crippen LogP contribution is -2.14. The highest BCUT2D eigenvalue weighted by Crippen LogP contribution is 2.04. The van der Waals surface area contributed by atoms with Gasteiger partial charge in [0, 0.05) is 31.3 Å². The van der Waals surface area contributed by atoms with Crippen LogP contribution in [0.2, 0.25) is 0 Å². The van der Waals surface area contributed by atoms with Crippen molar-refractivity contribution in [3.05, 3.63) is 48.3 Å². The Morgan fingerprint density at radius 2 is 2.33 bits per heavy atom. The molecule has 2 aromatic heterocycles. The maximum atomic E-state index is 11.6. The van der Waals surface area contributed by atoms with E-state index in [0.717, 1.165) is 12.0 Å². The number of ether oxygens (including phenoxy) is 1. The minimum absolute atomic E-state index is 0.348. The number of carbonyl (C=O) groups excluding carboxylic acids is 1. The normalized spacial score (nSPS) is 10.3. The number of esters is 1. The van der Waals surface area contributed by atoms with Gasteiger partial charge in [0.2, 0.25) is 5.82 Å². The number of imidazole rings is 1. The Balaban J connectivity index is 2.02. The van der Waals surface area contributed by atoms with Gasteiger partial charge in [-0.15, -0.1) is 0 Å². The molecule has 0 spiro atoms. The van der Waals surface area contributed by atoms with E-state index in [0.29, 0.717) is 19.0 Å². The Kier molecular flexibility index (Phi) is 4.06. The van der Waals surface area contributed by atoms with Gasteiger partial charge < -0.3 is 9.30 Å². The molecular formula is C13H15N3O2. The highest BCUT2D eigenvalue weighted by molar-refractivity contribution is 5.85. The molecule has 0 aliphatic carbocycles. The first-order valence-electron chi connectivity index (χ1n) is 5.88. The van der Waals surface area contributed by atoms with Crippen LogP contribution in [0.3, 0.4) is 0 Å². The summed E-state index contributed by atoms with van der Waals surface area (Å²) in [5.74, 6) is -0.0329. The van der Waals surface area contributed by atoms with Crippen LogP contribution in [-0.4, -0.2) is 27.1 Å². The monoisotopic (exact) mass is 245 g/mol. The molecule has 2 heterocycles. The summed E-state index contributed by atoms with van der Waals surface area (Å²) >= 11 is 0. The van der Waals surface area contributed by atoms with Crippen LogP contribution >= 0.6 is 0 Å². The van der Waals surface area contributed by atoms with Crippen LogP contribution in [0.25, 0.3) is 0 Å². The lowest BCUT2D eigenvalue weighted by Gasteiger charge is -2.06. The second kappa shape index (κ2) is 5.95. The number of hydrogen-bond acceptors (Lipinski definition) is 4. The van der Waals surface area contributed by atoms with Crippen LogP contribution in [0.15, 0.2) is 36.9 Å². The molecule has 0 amide bonds. The maximum Gasteiger partial charge on any atom is 0.374 e. The Hall–Kier alpha value is -2.17. The van der Waals surface area contributed by atoms with Crippen molar-refractivity contribution in [3.63, 3.8) is 0 Å². The quantitative estimate of drug-likeness (QED) is 0.752. The first-order valence-corrected chi connectivity index (χ1v) is 5.88. The van der Waals surface area contributed by atoms with Gasteiger partial charge in [-0.3, -0.25) is 4.98 Å². The molecule has 0 fully saturated rings. The average molecular weight is 245 g/mol. The van der Waals surface area contributed by atoms with Crippen molar-refractivity contribution >= 4 is 5.97 Å². The van der Waals surface area contributed by atoms with Crippen molar-refractivity contribution in [2.24, 2.45) is 0 Å². The predicted octanol–water partition coefficient (Wildman–Crippen LogP) is 1.70. The van der Waals surface area contributed by atoms with E-state index in [1.54, 1.807) is 30.1 Å². The smallest absolute Gasteiger partial charge is 0.374 e. The maximum absolute atomic E-state index is 11.6. The van der Waals surface area contributed by atoms with Gasteiger partial charge in [-0.05, 0) is 25.0 Å². The summed E-state index contributed by atoms with van der Waals surface area (Å²) in [7, 11) is 0. The molecule has 5 heteroatoms. The SMILES string of the molecule is CCOC(=O)c1nccn1CCc1cccnc1. The zero-order valence-electron chi connectivity index (χ0n) is 10.2. The molecule has 94 valence electrons. The highest BCUT2D eigenvalue weighted by atomic mass is 16.5. The number of aryl methyl sites for hydroxylation is 2. The molecule has 18 heavy (non-hydrogen) atoms. The summed E-state index contributed by atoms with van der Waals surface area (Å²) in [6.45, 7) is 2.81. The summed E-state index contributed by atoms with van der Waals surface area (Å²) in [4.78, 5) is 19.7. The molecule has 0 unspecified atom stereocenters. The fraction of sp³-hybridized carbons (Fsp3) is 0.308. The van der Waals surface area contributed by atoms with E-state index in [1.807, 2.05) is 18.3 Å². The minimum Gasteiger partial charge on any atom is -0.460 e. The largest absolute Gasteiger partial charge is 0.460 e. The number of nitrogens with zero attached hydrogens (tertiary/aromatic N) is 3. The minimum atomic E-state index is -0.381. The molecule has 0 saturated heterocycles. The van der Waals surface area contributed by atoms with Crippen LogP contribution in [0.5, 0.6) is 0 Å². The van der Waals surface area contributed by atoms with Crippen molar-refractivity contribution in [1.82, 2.24) is 14.5 Å². The average Bonchev–Trinajstić information content (AvgIpc) is 2.86. The van der Waals surface area contributed by atoms with Gasteiger partial charge in [0.25, 0.3) is 0 Å². The fourth-order valence-corrected chi connectivity index (χ4v) is 1.67. The lowest BCUT2D eigenvalue weighted by atomic mass is 10.2. The van der Waals surface area contributed by atoms with Crippen LogP contribution in [0.4, 0.5) is 0 Å². The second-order valence-corrected chi connectivity index (χ2v) is 3.78. The Morgan fingerprint density at radius 3 is 3.06 bits per heavy atom. The Labute approximate surface area is 105 Å². The predicted molar refractivity (Wildman–Crippen MR) is 66.1 cm³/mol. The molecular weight excluding hydrogens is 230 g/mol. The van der Waals surface area contributed by atoms with Crippen molar-refractivity contribution in [2.45, 2.75) is 19.9 Å². The van der Waals surface area contributed by atoms with Crippen LogP contribution in [0.1, 0.15) is 23.1 Å². The summed E-state index contributed by atoms with van der Waals surface area (Å²) < 4.78 is 6.74. The van der Waals surface area contributed by atoms with Gasteiger partial charge >= 0.3 is 5.97 Å². The van der Waals surface area contributed by atoms with Crippen LogP contribution < -0.4 is 0 Å². The Bertz CT molecular complexity index is 508. The number of hydrogen-bond donors (Lipinski definition) is 0. The third-order valence-corrected chi connectivity index (χ3v) is 2.54. The number of aromatic nitrogens is 3. The standard InChI is InChI=1S/C13H15N3O2/c1-2-18-13(17)12-15-7-9-16(12)8-5-11-4-3-6-14-10-11/h3-4,6-7,9-10H,2,5,8H2,1H3. The molecule has 0 saturated carbocycles. The fourth-order valence-electron chi connectivity index (χ4n) is 1.67. The summed E-state index contributed by atoms with van der Waals surface area (Å²) in [5.41, 5.74) is 1.13. The van der Waals surface area contributed by atoms with Crippen molar-refractivity contribution in [2.75, 3.05) is 6.61 Å². The van der Waals surface area contributed by atoms with E-state index < -0.39 is 0 Å². The van der Waals surface area contributed by atoms with Gasteiger partial charge in [-0.1, -0.05) is 6.07 Å². The topological polar surface area (TPSA) is 57.0 Å². The molecule has 2 aromatic rings. The summed E-state index contributed by atoms with van der Waals surface area (Å²) in [6, 6.07) is 3.91. The first kappa shape index (κ1) is 12.3. The second-order valence-electron chi connectivity index (χ2n) is 3.78. The van der Waals surface area contributed by atoms with Crippen molar-refractivity contribution in [1.29, 1.82) is 0 Å². The van der Waals surface area contributed by atoms with E-state index in [1.165, 1.54) is 0 Å². The zero-order chi connectivity index (χ0) is 12.8. The molecule has 0 N–H and O–H groups in total.